The molecule has 1 atom stereocenters. The highest BCUT2D eigenvalue weighted by Gasteiger charge is 2.43. The number of methoxy groups -OCH3 is 1. The van der Waals surface area contributed by atoms with Crippen LogP contribution in [0.25, 0.3) is 0 Å². The van der Waals surface area contributed by atoms with Crippen molar-refractivity contribution in [3.63, 3.8) is 0 Å². The number of amides is 1. The molecule has 146 valence electrons. The zero-order valence-corrected chi connectivity index (χ0v) is 16.5. The Labute approximate surface area is 153 Å². The molecule has 1 aromatic rings. The van der Waals surface area contributed by atoms with Gasteiger partial charge in [0.15, 0.2) is 6.04 Å². The lowest BCUT2D eigenvalue weighted by Gasteiger charge is -2.32. The number of hydrogen-bond acceptors (Lipinski definition) is 6. The first-order valence-electron chi connectivity index (χ1n) is 7.95. The third-order valence-corrected chi connectivity index (χ3v) is 5.09. The smallest absolute Gasteiger partial charge is 0.425 e. The van der Waals surface area contributed by atoms with Gasteiger partial charge in [0.05, 0.1) is 12.0 Å². The average Bonchev–Trinajstić information content (AvgIpc) is 2.49. The summed E-state index contributed by atoms with van der Waals surface area (Å²) in [6.07, 6.45) is -1.24. The number of sulfonamides is 1. The highest BCUT2D eigenvalue weighted by molar-refractivity contribution is 7.89. The van der Waals surface area contributed by atoms with Crippen molar-refractivity contribution >= 4 is 22.1 Å². The Balaban J connectivity index is 3.50. The van der Waals surface area contributed by atoms with E-state index in [2.05, 4.69) is 0 Å². The quantitative estimate of drug-likeness (QED) is 0.799. The Bertz CT molecular complexity index is 748. The molecule has 0 heterocycles. The molecular formula is C17H25NO7S. The van der Waals surface area contributed by atoms with Crippen molar-refractivity contribution in [3.05, 3.63) is 24.3 Å². The van der Waals surface area contributed by atoms with Gasteiger partial charge in [-0.3, -0.25) is 0 Å². The van der Waals surface area contributed by atoms with E-state index in [9.17, 15) is 23.1 Å². The normalized spacial score (nSPS) is 13.2. The lowest BCUT2D eigenvalue weighted by Crippen LogP contribution is -2.52. The summed E-state index contributed by atoms with van der Waals surface area (Å²) in [5, 5.41) is 9.52. The van der Waals surface area contributed by atoms with E-state index in [1.807, 2.05) is 0 Å². The summed E-state index contributed by atoms with van der Waals surface area (Å²) >= 11 is 0. The number of carbonyl (C=O) groups excluding carboxylic acids is 1. The van der Waals surface area contributed by atoms with Crippen LogP contribution in [0, 0.1) is 5.92 Å². The third kappa shape index (κ3) is 5.10. The standard InChI is InChI=1S/C17H25NO7S/c1-11(2)14(15(19)20)18(16(21)25-17(3,4)5)26(22,23)13-9-7-12(24-6)8-10-13/h7-11,14H,1-6H3,(H,19,20). The number of aliphatic carboxylic acids is 1. The molecule has 0 aliphatic rings. The van der Waals surface area contributed by atoms with Crippen LogP contribution in [-0.2, 0) is 19.6 Å². The number of carbonyl (C=O) groups is 2. The van der Waals surface area contributed by atoms with E-state index in [1.54, 1.807) is 20.8 Å². The first-order chi connectivity index (χ1) is 11.8. The molecule has 0 radical (unpaired) electrons. The lowest BCUT2D eigenvalue weighted by molar-refractivity contribution is -0.142. The Morgan fingerprint density at radius 1 is 1.12 bits per heavy atom. The number of rotatable bonds is 6. The van der Waals surface area contributed by atoms with Crippen molar-refractivity contribution in [1.82, 2.24) is 4.31 Å². The number of nitrogens with zero attached hydrogens (tertiary/aromatic N) is 1. The molecule has 0 spiro atoms. The summed E-state index contributed by atoms with van der Waals surface area (Å²) in [6, 6.07) is 3.68. The molecule has 0 bridgehead atoms. The SMILES string of the molecule is COc1ccc(S(=O)(=O)N(C(=O)OC(C)(C)C)C(C(=O)O)C(C)C)cc1. The van der Waals surface area contributed by atoms with Gasteiger partial charge in [-0.1, -0.05) is 13.8 Å². The number of benzene rings is 1. The minimum absolute atomic E-state index is 0.240. The Hall–Kier alpha value is -2.29. The van der Waals surface area contributed by atoms with E-state index in [0.717, 1.165) is 0 Å². The lowest BCUT2D eigenvalue weighted by atomic mass is 10.1. The first kappa shape index (κ1) is 21.8. The first-order valence-corrected chi connectivity index (χ1v) is 9.39. The van der Waals surface area contributed by atoms with Crippen molar-refractivity contribution in [2.45, 2.75) is 51.2 Å². The minimum Gasteiger partial charge on any atom is -0.497 e. The van der Waals surface area contributed by atoms with Gasteiger partial charge in [-0.05, 0) is 51.0 Å². The predicted molar refractivity (Wildman–Crippen MR) is 94.5 cm³/mol. The number of carboxylic acids is 1. The zero-order valence-electron chi connectivity index (χ0n) is 15.7. The summed E-state index contributed by atoms with van der Waals surface area (Å²) in [5.41, 5.74) is -0.995. The molecule has 8 nitrogen and oxygen atoms in total. The van der Waals surface area contributed by atoms with E-state index < -0.39 is 39.6 Å². The Kier molecular flexibility index (Phi) is 6.65. The summed E-state index contributed by atoms with van der Waals surface area (Å²) in [7, 11) is -3.04. The molecule has 1 unspecified atom stereocenters. The van der Waals surface area contributed by atoms with Crippen molar-refractivity contribution < 1.29 is 32.6 Å². The van der Waals surface area contributed by atoms with Crippen LogP contribution >= 0.6 is 0 Å². The van der Waals surface area contributed by atoms with Crippen LogP contribution in [0.3, 0.4) is 0 Å². The van der Waals surface area contributed by atoms with Crippen LogP contribution in [0.2, 0.25) is 0 Å². The highest BCUT2D eigenvalue weighted by atomic mass is 32.2. The fraction of sp³-hybridized carbons (Fsp3) is 0.529. The second-order valence-electron chi connectivity index (χ2n) is 6.98. The van der Waals surface area contributed by atoms with Gasteiger partial charge in [0.1, 0.15) is 11.4 Å². The molecule has 0 saturated heterocycles. The van der Waals surface area contributed by atoms with Crippen molar-refractivity contribution in [3.8, 4) is 5.75 Å². The largest absolute Gasteiger partial charge is 0.497 e. The van der Waals surface area contributed by atoms with E-state index >= 15 is 0 Å². The van der Waals surface area contributed by atoms with Crippen LogP contribution in [0.15, 0.2) is 29.2 Å². The van der Waals surface area contributed by atoms with E-state index in [0.29, 0.717) is 10.1 Å². The minimum atomic E-state index is -4.46. The van der Waals surface area contributed by atoms with Crippen LogP contribution in [0.5, 0.6) is 5.75 Å². The highest BCUT2D eigenvalue weighted by Crippen LogP contribution is 2.26. The molecule has 0 aliphatic heterocycles. The number of carboxylic acid groups (broad SMARTS) is 1. The topological polar surface area (TPSA) is 110 Å². The van der Waals surface area contributed by atoms with E-state index in [4.69, 9.17) is 9.47 Å². The van der Waals surface area contributed by atoms with Crippen molar-refractivity contribution in [1.29, 1.82) is 0 Å². The van der Waals surface area contributed by atoms with Crippen LogP contribution in [0.4, 0.5) is 4.79 Å². The van der Waals surface area contributed by atoms with Gasteiger partial charge in [0.2, 0.25) is 0 Å². The predicted octanol–water partition coefficient (Wildman–Crippen LogP) is 2.73. The molecular weight excluding hydrogens is 362 g/mol. The maximum absolute atomic E-state index is 13.0. The van der Waals surface area contributed by atoms with E-state index in [1.165, 1.54) is 45.2 Å². The van der Waals surface area contributed by atoms with E-state index in [-0.39, 0.29) is 4.90 Å². The molecule has 0 aliphatic carbocycles. The van der Waals surface area contributed by atoms with Crippen molar-refractivity contribution in [2.24, 2.45) is 5.92 Å². The van der Waals surface area contributed by atoms with Gasteiger partial charge < -0.3 is 14.6 Å². The molecule has 0 fully saturated rings. The third-order valence-electron chi connectivity index (χ3n) is 3.33. The van der Waals surface area contributed by atoms with Gasteiger partial charge in [0.25, 0.3) is 10.0 Å². The number of hydrogen-bond donors (Lipinski definition) is 1. The fourth-order valence-electron chi connectivity index (χ4n) is 2.19. The Morgan fingerprint density at radius 3 is 1.96 bits per heavy atom. The maximum Gasteiger partial charge on any atom is 0.425 e. The van der Waals surface area contributed by atoms with Gasteiger partial charge in [0, 0.05) is 0 Å². The second-order valence-corrected chi connectivity index (χ2v) is 8.80. The molecule has 0 aromatic heterocycles. The van der Waals surface area contributed by atoms with Gasteiger partial charge in [-0.25, -0.2) is 18.0 Å². The molecule has 1 aromatic carbocycles. The summed E-state index contributed by atoms with van der Waals surface area (Å²) in [6.45, 7) is 7.72. The molecule has 9 heteroatoms. The molecule has 0 saturated carbocycles. The van der Waals surface area contributed by atoms with Crippen LogP contribution in [-0.4, -0.2) is 48.6 Å². The second kappa shape index (κ2) is 7.94. The molecule has 1 rings (SSSR count). The van der Waals surface area contributed by atoms with Gasteiger partial charge in [-0.2, -0.15) is 4.31 Å². The van der Waals surface area contributed by atoms with Gasteiger partial charge >= 0.3 is 12.1 Å². The summed E-state index contributed by atoms with van der Waals surface area (Å²) in [5.74, 6) is -1.69. The summed E-state index contributed by atoms with van der Waals surface area (Å²) in [4.78, 5) is 24.0. The van der Waals surface area contributed by atoms with Crippen LogP contribution in [0.1, 0.15) is 34.6 Å². The molecule has 1 amide bonds. The molecule has 1 N–H and O–H groups in total. The number of ether oxygens (including phenoxy) is 2. The van der Waals surface area contributed by atoms with Gasteiger partial charge in [-0.15, -0.1) is 0 Å². The van der Waals surface area contributed by atoms with Crippen LogP contribution < -0.4 is 4.74 Å². The Morgan fingerprint density at radius 2 is 1.62 bits per heavy atom. The fourth-order valence-corrected chi connectivity index (χ4v) is 3.76. The average molecular weight is 387 g/mol. The molecule has 26 heavy (non-hydrogen) atoms. The maximum atomic E-state index is 13.0. The monoisotopic (exact) mass is 387 g/mol. The van der Waals surface area contributed by atoms with Crippen molar-refractivity contribution in [2.75, 3.05) is 7.11 Å². The zero-order chi connectivity index (χ0) is 20.3. The summed E-state index contributed by atoms with van der Waals surface area (Å²) < 4.78 is 36.5.